The van der Waals surface area contributed by atoms with E-state index in [2.05, 4.69) is 5.32 Å². The van der Waals surface area contributed by atoms with Crippen LogP contribution in [0.5, 0.6) is 5.75 Å². The number of carbonyl (C=O) groups excluding carboxylic acids is 1. The van der Waals surface area contributed by atoms with E-state index in [9.17, 15) is 14.9 Å². The van der Waals surface area contributed by atoms with Gasteiger partial charge < -0.3 is 15.2 Å². The van der Waals surface area contributed by atoms with Crippen LogP contribution < -0.4 is 10.1 Å². The van der Waals surface area contributed by atoms with E-state index in [1.165, 1.54) is 12.5 Å². The summed E-state index contributed by atoms with van der Waals surface area (Å²) in [5.74, 6) is -0.986. The summed E-state index contributed by atoms with van der Waals surface area (Å²) in [5, 5.41) is 20.7. The zero-order chi connectivity index (χ0) is 17.4. The molecule has 1 aromatic rings. The number of benzene rings is 1. The van der Waals surface area contributed by atoms with Gasteiger partial charge in [0.1, 0.15) is 17.4 Å². The van der Waals surface area contributed by atoms with Crippen molar-refractivity contribution in [2.24, 2.45) is 0 Å². The number of nitriles is 1. The highest BCUT2D eigenvalue weighted by Crippen LogP contribution is 2.18. The molecule has 1 aromatic carbocycles. The molecule has 0 radical (unpaired) electrons. The molecule has 0 aliphatic heterocycles. The van der Waals surface area contributed by atoms with E-state index in [0.29, 0.717) is 11.3 Å². The average molecular weight is 328 g/mol. The molecule has 1 saturated carbocycles. The second kappa shape index (κ2) is 8.73. The Bertz CT molecular complexity index is 653. The fraction of sp³-hybridized carbons (Fsp3) is 0.389. The van der Waals surface area contributed by atoms with E-state index in [-0.39, 0.29) is 17.5 Å². The van der Waals surface area contributed by atoms with Gasteiger partial charge in [0.05, 0.1) is 0 Å². The molecule has 1 aliphatic rings. The Morgan fingerprint density at radius 2 is 1.92 bits per heavy atom. The first-order valence-corrected chi connectivity index (χ1v) is 7.96. The number of nitrogens with zero attached hydrogens (tertiary/aromatic N) is 1. The number of amides is 1. The number of hydrogen-bond donors (Lipinski definition) is 2. The molecule has 2 rings (SSSR count). The Balaban J connectivity index is 1.99. The van der Waals surface area contributed by atoms with Crippen molar-refractivity contribution >= 4 is 18.0 Å². The number of rotatable bonds is 6. The molecule has 0 unspecified atom stereocenters. The highest BCUT2D eigenvalue weighted by atomic mass is 16.5. The Morgan fingerprint density at radius 3 is 2.50 bits per heavy atom. The molecule has 1 aliphatic carbocycles. The van der Waals surface area contributed by atoms with Gasteiger partial charge in [0.25, 0.3) is 5.91 Å². The van der Waals surface area contributed by atoms with Gasteiger partial charge in [0.15, 0.2) is 6.61 Å². The number of nitrogens with one attached hydrogen (secondary N) is 1. The molecule has 0 aromatic heterocycles. The van der Waals surface area contributed by atoms with Gasteiger partial charge in [0.2, 0.25) is 0 Å². The summed E-state index contributed by atoms with van der Waals surface area (Å²) in [6.07, 6.45) is 6.84. The standard InChI is InChI=1S/C18H20N2O4/c19-11-14(18(23)20-15-4-2-1-3-5-15)10-13-6-8-16(9-7-13)24-12-17(21)22/h6-10,15H,1-5,12H2,(H,20,23)(H,21,22)/b14-10-. The Labute approximate surface area is 140 Å². The monoisotopic (exact) mass is 328 g/mol. The maximum atomic E-state index is 12.2. The van der Waals surface area contributed by atoms with Crippen LogP contribution in [0.3, 0.4) is 0 Å². The largest absolute Gasteiger partial charge is 0.482 e. The smallest absolute Gasteiger partial charge is 0.341 e. The van der Waals surface area contributed by atoms with Crippen LogP contribution in [0.2, 0.25) is 0 Å². The van der Waals surface area contributed by atoms with E-state index >= 15 is 0 Å². The third-order valence-electron chi connectivity index (χ3n) is 3.86. The maximum Gasteiger partial charge on any atom is 0.341 e. The molecule has 126 valence electrons. The van der Waals surface area contributed by atoms with Crippen LogP contribution in [-0.2, 0) is 9.59 Å². The van der Waals surface area contributed by atoms with E-state index in [1.807, 2.05) is 6.07 Å². The molecule has 6 nitrogen and oxygen atoms in total. The molecule has 0 atom stereocenters. The summed E-state index contributed by atoms with van der Waals surface area (Å²) >= 11 is 0. The predicted molar refractivity (Wildman–Crippen MR) is 88.2 cm³/mol. The third-order valence-corrected chi connectivity index (χ3v) is 3.86. The molecule has 2 N–H and O–H groups in total. The SMILES string of the molecule is N#C/C(=C/c1ccc(OCC(=O)O)cc1)C(=O)NC1CCCCC1. The minimum atomic E-state index is -1.05. The average Bonchev–Trinajstić information content (AvgIpc) is 2.59. The minimum Gasteiger partial charge on any atom is -0.482 e. The van der Waals surface area contributed by atoms with Crippen molar-refractivity contribution < 1.29 is 19.4 Å². The fourth-order valence-corrected chi connectivity index (χ4v) is 2.63. The maximum absolute atomic E-state index is 12.2. The quantitative estimate of drug-likeness (QED) is 0.617. The second-order valence-electron chi connectivity index (χ2n) is 5.73. The van der Waals surface area contributed by atoms with Crippen molar-refractivity contribution in [1.29, 1.82) is 5.26 Å². The summed E-state index contributed by atoms with van der Waals surface area (Å²) < 4.78 is 5.04. The number of carboxylic acid groups (broad SMARTS) is 1. The van der Waals surface area contributed by atoms with Crippen LogP contribution in [-0.4, -0.2) is 29.6 Å². The molecule has 0 spiro atoms. The zero-order valence-electron chi connectivity index (χ0n) is 13.3. The molecule has 0 saturated heterocycles. The predicted octanol–water partition coefficient (Wildman–Crippen LogP) is 2.51. The summed E-state index contributed by atoms with van der Waals surface area (Å²) in [4.78, 5) is 22.6. The summed E-state index contributed by atoms with van der Waals surface area (Å²) in [7, 11) is 0. The summed E-state index contributed by atoms with van der Waals surface area (Å²) in [6.45, 7) is -0.414. The van der Waals surface area contributed by atoms with Crippen molar-refractivity contribution in [3.05, 3.63) is 35.4 Å². The fourth-order valence-electron chi connectivity index (χ4n) is 2.63. The Hall–Kier alpha value is -2.81. The van der Waals surface area contributed by atoms with Crippen LogP contribution in [0, 0.1) is 11.3 Å². The molecule has 1 amide bonds. The van der Waals surface area contributed by atoms with Crippen molar-refractivity contribution in [3.63, 3.8) is 0 Å². The lowest BCUT2D eigenvalue weighted by Crippen LogP contribution is -2.36. The van der Waals surface area contributed by atoms with Crippen molar-refractivity contribution in [2.45, 2.75) is 38.1 Å². The van der Waals surface area contributed by atoms with Crippen molar-refractivity contribution in [1.82, 2.24) is 5.32 Å². The molecular weight excluding hydrogens is 308 g/mol. The van der Waals surface area contributed by atoms with Crippen LogP contribution in [0.4, 0.5) is 0 Å². The van der Waals surface area contributed by atoms with Gasteiger partial charge in [0, 0.05) is 6.04 Å². The van der Waals surface area contributed by atoms with Gasteiger partial charge in [-0.05, 0) is 36.6 Å². The molecular formula is C18H20N2O4. The van der Waals surface area contributed by atoms with E-state index in [0.717, 1.165) is 25.7 Å². The van der Waals surface area contributed by atoms with Gasteiger partial charge in [-0.15, -0.1) is 0 Å². The molecule has 24 heavy (non-hydrogen) atoms. The number of hydrogen-bond acceptors (Lipinski definition) is 4. The lowest BCUT2D eigenvalue weighted by Gasteiger charge is -2.22. The Morgan fingerprint density at radius 1 is 1.25 bits per heavy atom. The van der Waals surface area contributed by atoms with Crippen LogP contribution >= 0.6 is 0 Å². The van der Waals surface area contributed by atoms with Gasteiger partial charge in [-0.3, -0.25) is 4.79 Å². The van der Waals surface area contributed by atoms with Gasteiger partial charge in [-0.2, -0.15) is 5.26 Å². The van der Waals surface area contributed by atoms with Crippen LogP contribution in [0.15, 0.2) is 29.8 Å². The Kier molecular flexibility index (Phi) is 6.38. The summed E-state index contributed by atoms with van der Waals surface area (Å²) in [5.41, 5.74) is 0.729. The normalized spacial score (nSPS) is 15.4. The van der Waals surface area contributed by atoms with Crippen molar-refractivity contribution in [3.8, 4) is 11.8 Å². The minimum absolute atomic E-state index is 0.0553. The van der Waals surface area contributed by atoms with Gasteiger partial charge in [-0.25, -0.2) is 4.79 Å². The first-order valence-electron chi connectivity index (χ1n) is 7.96. The lowest BCUT2D eigenvalue weighted by molar-refractivity contribution is -0.139. The molecule has 0 heterocycles. The number of carbonyl (C=O) groups is 2. The topological polar surface area (TPSA) is 99.4 Å². The summed E-state index contributed by atoms with van der Waals surface area (Å²) in [6, 6.07) is 8.62. The number of carboxylic acids is 1. The first kappa shape index (κ1) is 17.5. The highest BCUT2D eigenvalue weighted by Gasteiger charge is 2.18. The van der Waals surface area contributed by atoms with Gasteiger partial charge in [-0.1, -0.05) is 31.4 Å². The van der Waals surface area contributed by atoms with E-state index < -0.39 is 12.6 Å². The lowest BCUT2D eigenvalue weighted by atomic mass is 9.95. The van der Waals surface area contributed by atoms with Crippen molar-refractivity contribution in [2.75, 3.05) is 6.61 Å². The van der Waals surface area contributed by atoms with Crippen LogP contribution in [0.1, 0.15) is 37.7 Å². The van der Waals surface area contributed by atoms with E-state index in [4.69, 9.17) is 9.84 Å². The van der Waals surface area contributed by atoms with E-state index in [1.54, 1.807) is 24.3 Å². The molecule has 0 bridgehead atoms. The first-order chi connectivity index (χ1) is 11.6. The van der Waals surface area contributed by atoms with Gasteiger partial charge >= 0.3 is 5.97 Å². The second-order valence-corrected chi connectivity index (χ2v) is 5.73. The number of aliphatic carboxylic acids is 1. The molecule has 6 heteroatoms. The zero-order valence-corrected chi connectivity index (χ0v) is 13.3. The molecule has 1 fully saturated rings. The highest BCUT2D eigenvalue weighted by molar-refractivity contribution is 6.01. The third kappa shape index (κ3) is 5.43. The van der Waals surface area contributed by atoms with Crippen LogP contribution in [0.25, 0.3) is 6.08 Å². The number of ether oxygens (including phenoxy) is 1.